The van der Waals surface area contributed by atoms with Crippen molar-refractivity contribution in [1.82, 2.24) is 15.5 Å². The van der Waals surface area contributed by atoms with Gasteiger partial charge in [0.1, 0.15) is 41.8 Å². The van der Waals surface area contributed by atoms with Crippen molar-refractivity contribution < 1.29 is 55.2 Å². The second-order valence-electron chi connectivity index (χ2n) is 11.5. The van der Waals surface area contributed by atoms with Crippen LogP contribution < -0.4 is 49.3 Å². The molecule has 4 amide bonds. The van der Waals surface area contributed by atoms with E-state index >= 15 is 0 Å². The van der Waals surface area contributed by atoms with E-state index in [2.05, 4.69) is 56.5 Å². The average Bonchev–Trinajstić information content (AvgIpc) is 3.43. The topological polar surface area (TPSA) is 174 Å². The van der Waals surface area contributed by atoms with E-state index in [9.17, 15) is 28.8 Å². The van der Waals surface area contributed by atoms with Crippen LogP contribution in [-0.2, 0) is 38.2 Å². The highest BCUT2D eigenvalue weighted by Crippen LogP contribution is 2.55. The summed E-state index contributed by atoms with van der Waals surface area (Å²) in [4.78, 5) is 77.5. The Morgan fingerprint density at radius 3 is 1.90 bits per heavy atom. The number of carbonyl (C=O) groups excluding carboxylic acids is 6. The van der Waals surface area contributed by atoms with Crippen molar-refractivity contribution in [3.63, 3.8) is 0 Å². The molecule has 12 nitrogen and oxygen atoms in total. The van der Waals surface area contributed by atoms with Crippen LogP contribution >= 0.6 is 19.0 Å². The van der Waals surface area contributed by atoms with Crippen LogP contribution in [-0.4, -0.2) is 97.0 Å². The number of nitrogens with two attached hydrogens (primary N) is 1. The molecule has 51 heavy (non-hydrogen) atoms. The number of ether oxygens (including phenoxy) is 2. The Morgan fingerprint density at radius 2 is 1.41 bits per heavy atom. The Hall–Kier alpha value is -4.10. The molecule has 1 fully saturated rings. The largest absolute Gasteiger partial charge is 1.00 e. The van der Waals surface area contributed by atoms with Crippen molar-refractivity contribution in [3.8, 4) is 0 Å². The average molecular weight is 802 g/mol. The van der Waals surface area contributed by atoms with Crippen molar-refractivity contribution >= 4 is 70.5 Å². The van der Waals surface area contributed by atoms with Crippen LogP contribution in [0.2, 0.25) is 0 Å². The summed E-state index contributed by atoms with van der Waals surface area (Å²) in [5, 5.41) is 7.63. The molecular formula is C36H42BrN4O8PS. The molecule has 1 saturated heterocycles. The molecule has 3 aromatic rings. The van der Waals surface area contributed by atoms with Gasteiger partial charge in [-0.15, -0.1) is 11.8 Å². The zero-order chi connectivity index (χ0) is 36.1. The summed E-state index contributed by atoms with van der Waals surface area (Å²) >= 11 is 1.08. The number of nitrogens with one attached hydrogen (secondary N) is 2. The predicted molar refractivity (Wildman–Crippen MR) is 194 cm³/mol. The van der Waals surface area contributed by atoms with Crippen molar-refractivity contribution in [3.05, 3.63) is 91.0 Å². The van der Waals surface area contributed by atoms with Crippen LogP contribution in [0.15, 0.2) is 91.0 Å². The maximum Gasteiger partial charge on any atom is 0.325 e. The molecule has 272 valence electrons. The van der Waals surface area contributed by atoms with E-state index in [0.717, 1.165) is 27.7 Å². The number of thioether (sulfide) groups is 1. The summed E-state index contributed by atoms with van der Waals surface area (Å²) in [6.45, 7) is -0.231. The molecular weight excluding hydrogens is 759 g/mol. The summed E-state index contributed by atoms with van der Waals surface area (Å²) in [5.41, 5.74) is 5.73. The number of likely N-dealkylation sites (tertiary alicyclic amines) is 1. The van der Waals surface area contributed by atoms with Gasteiger partial charge < -0.3 is 42.8 Å². The first-order valence-corrected chi connectivity index (χ1v) is 19.1. The number of amides is 4. The molecule has 0 spiro atoms. The second-order valence-corrected chi connectivity index (χ2v) is 16.4. The number of imide groups is 1. The van der Waals surface area contributed by atoms with Gasteiger partial charge in [-0.3, -0.25) is 33.7 Å². The third kappa shape index (κ3) is 10.7. The highest BCUT2D eigenvalue weighted by molar-refractivity contribution is 8.00. The minimum absolute atomic E-state index is 0. The van der Waals surface area contributed by atoms with Crippen LogP contribution in [0.3, 0.4) is 0 Å². The molecule has 0 bridgehead atoms. The summed E-state index contributed by atoms with van der Waals surface area (Å²) < 4.78 is 9.17. The molecule has 3 aromatic carbocycles. The summed E-state index contributed by atoms with van der Waals surface area (Å²) in [6, 6.07) is 28.3. The highest BCUT2D eigenvalue weighted by atomic mass is 79.9. The lowest BCUT2D eigenvalue weighted by Crippen LogP contribution is -3.00. The van der Waals surface area contributed by atoms with Gasteiger partial charge in [0.25, 0.3) is 0 Å². The Bertz CT molecular complexity index is 1560. The first-order valence-electron chi connectivity index (χ1n) is 16.1. The lowest BCUT2D eigenvalue weighted by atomic mass is 10.1. The van der Waals surface area contributed by atoms with E-state index in [-0.39, 0.29) is 60.4 Å². The van der Waals surface area contributed by atoms with Crippen LogP contribution in [0, 0.1) is 0 Å². The number of nitrogens with zero attached hydrogens (tertiary/aromatic N) is 1. The number of halogens is 1. The summed E-state index contributed by atoms with van der Waals surface area (Å²) in [6.07, 6.45) is 0.273. The normalized spacial score (nSPS) is 15.3. The van der Waals surface area contributed by atoms with Crippen LogP contribution in [0.25, 0.3) is 0 Å². The zero-order valence-electron chi connectivity index (χ0n) is 28.4. The van der Waals surface area contributed by atoms with Gasteiger partial charge in [0.15, 0.2) is 0 Å². The van der Waals surface area contributed by atoms with E-state index in [0.29, 0.717) is 6.16 Å². The third-order valence-corrected chi connectivity index (χ3v) is 14.1. The van der Waals surface area contributed by atoms with Gasteiger partial charge in [0, 0.05) is 18.6 Å². The molecule has 0 saturated carbocycles. The molecule has 1 aliphatic heterocycles. The minimum Gasteiger partial charge on any atom is -1.00 e. The fourth-order valence-corrected chi connectivity index (χ4v) is 11.1. The van der Waals surface area contributed by atoms with Gasteiger partial charge in [0.2, 0.25) is 23.6 Å². The molecule has 4 N–H and O–H groups in total. The Labute approximate surface area is 312 Å². The SMILES string of the molecule is COC(=O)CNC(=O)[C@H](CSC1CC(=O)N(CC[P+](c2ccccc2)(c2ccccc2)c2ccccc2)C1=O)NC(=O)CC[C@H](N)C(=O)OC.[Br-]. The molecule has 1 aliphatic rings. The number of esters is 2. The molecule has 0 radical (unpaired) electrons. The molecule has 4 rings (SSSR count). The van der Waals surface area contributed by atoms with E-state index in [4.69, 9.17) is 5.73 Å². The molecule has 0 aliphatic carbocycles. The van der Waals surface area contributed by atoms with Gasteiger partial charge >= 0.3 is 11.9 Å². The van der Waals surface area contributed by atoms with Crippen molar-refractivity contribution in [2.24, 2.45) is 5.73 Å². The molecule has 1 unspecified atom stereocenters. The van der Waals surface area contributed by atoms with E-state index in [1.54, 1.807) is 0 Å². The van der Waals surface area contributed by atoms with Crippen LogP contribution in [0.4, 0.5) is 0 Å². The van der Waals surface area contributed by atoms with Crippen molar-refractivity contribution in [1.29, 1.82) is 0 Å². The second kappa shape index (κ2) is 20.1. The molecule has 15 heteroatoms. The van der Waals surface area contributed by atoms with Gasteiger partial charge in [-0.2, -0.15) is 0 Å². The molecule has 3 atom stereocenters. The summed E-state index contributed by atoms with van der Waals surface area (Å²) in [7, 11) is 0.0519. The number of hydrogen-bond acceptors (Lipinski definition) is 10. The van der Waals surface area contributed by atoms with Gasteiger partial charge in [-0.25, -0.2) is 0 Å². The quantitative estimate of drug-likeness (QED) is 0.0780. The summed E-state index contributed by atoms with van der Waals surface area (Å²) in [5.74, 6) is -3.34. The van der Waals surface area contributed by atoms with Gasteiger partial charge in [-0.1, -0.05) is 54.6 Å². The molecule has 0 aromatic heterocycles. The smallest absolute Gasteiger partial charge is 0.325 e. The highest BCUT2D eigenvalue weighted by Gasteiger charge is 2.48. The number of carbonyl (C=O) groups is 6. The predicted octanol–water partition coefficient (Wildman–Crippen LogP) is -2.10. The van der Waals surface area contributed by atoms with Crippen LogP contribution in [0.1, 0.15) is 19.3 Å². The van der Waals surface area contributed by atoms with Crippen LogP contribution in [0.5, 0.6) is 0 Å². The lowest BCUT2D eigenvalue weighted by Gasteiger charge is -2.29. The minimum atomic E-state index is -2.31. The maximum atomic E-state index is 13.8. The number of hydrogen-bond donors (Lipinski definition) is 3. The number of benzene rings is 3. The zero-order valence-corrected chi connectivity index (χ0v) is 31.7. The standard InChI is InChI=1S/C36H41N4O8PS.BrH/c1-47-33(43)23-38-34(44)29(39-31(41)19-18-28(37)36(46)48-2)24-50-30-22-32(42)40(35(30)45)20-21-49(25-12-6-3-7-13-25,26-14-8-4-9-15-26)27-16-10-5-11-17-27;/h3-17,28-30H,18-24,37H2,1-2H3,(H-,38,39,41,44);1H/t28-,29-,30?;/m0./s1. The fraction of sp³-hybridized carbons (Fsp3) is 0.333. The number of methoxy groups -OCH3 is 2. The van der Waals surface area contributed by atoms with E-state index in [1.807, 2.05) is 54.6 Å². The number of rotatable bonds is 17. The fourth-order valence-electron chi connectivity index (χ4n) is 5.72. The first-order chi connectivity index (χ1) is 24.1. The van der Waals surface area contributed by atoms with Crippen molar-refractivity contribution in [2.45, 2.75) is 36.6 Å². The van der Waals surface area contributed by atoms with E-state index < -0.39 is 54.9 Å². The maximum absolute atomic E-state index is 13.8. The van der Waals surface area contributed by atoms with Gasteiger partial charge in [-0.05, 0) is 42.8 Å². The van der Waals surface area contributed by atoms with Crippen molar-refractivity contribution in [2.75, 3.05) is 39.2 Å². The molecule has 1 heterocycles. The first kappa shape index (κ1) is 41.3. The third-order valence-electron chi connectivity index (χ3n) is 8.39. The Kier molecular flexibility index (Phi) is 16.3. The van der Waals surface area contributed by atoms with Gasteiger partial charge in [0.05, 0.1) is 32.2 Å². The Morgan fingerprint density at radius 1 is 0.882 bits per heavy atom. The Balaban J connectivity index is 0.00000702. The lowest BCUT2D eigenvalue weighted by molar-refractivity contribution is -0.142. The monoisotopic (exact) mass is 800 g/mol. The van der Waals surface area contributed by atoms with E-state index in [1.165, 1.54) is 19.1 Å².